The van der Waals surface area contributed by atoms with E-state index in [0.717, 1.165) is 0 Å². The van der Waals surface area contributed by atoms with Crippen molar-refractivity contribution in [2.75, 3.05) is 6.61 Å². The first-order valence-corrected chi connectivity index (χ1v) is 5.77. The summed E-state index contributed by atoms with van der Waals surface area (Å²) in [6, 6.07) is -0.167. The van der Waals surface area contributed by atoms with Crippen LogP contribution in [0.5, 0.6) is 0 Å². The van der Waals surface area contributed by atoms with Crippen molar-refractivity contribution in [3.63, 3.8) is 0 Å². The van der Waals surface area contributed by atoms with Gasteiger partial charge in [0.1, 0.15) is 6.61 Å². The molecule has 0 aliphatic heterocycles. The molecule has 4 heteroatoms. The van der Waals surface area contributed by atoms with Gasteiger partial charge >= 0.3 is 5.97 Å². The summed E-state index contributed by atoms with van der Waals surface area (Å²) in [5, 5.41) is 2.74. The summed E-state index contributed by atoms with van der Waals surface area (Å²) in [6.45, 7) is 9.07. The van der Waals surface area contributed by atoms with Crippen LogP contribution < -0.4 is 5.32 Å². The third-order valence-corrected chi connectivity index (χ3v) is 2.03. The number of nitrogens with one attached hydrogen (secondary N) is 1. The van der Waals surface area contributed by atoms with Crippen LogP contribution in [-0.4, -0.2) is 24.5 Å². The Balaban J connectivity index is 3.67. The van der Waals surface area contributed by atoms with Crippen molar-refractivity contribution in [3.05, 3.63) is 25.3 Å². The predicted molar refractivity (Wildman–Crippen MR) is 67.4 cm³/mol. The van der Waals surface area contributed by atoms with Crippen LogP contribution in [0.25, 0.3) is 0 Å². The Morgan fingerprint density at radius 3 is 2.41 bits per heavy atom. The van der Waals surface area contributed by atoms with Crippen molar-refractivity contribution in [2.45, 2.75) is 38.6 Å². The highest BCUT2D eigenvalue weighted by Gasteiger charge is 2.09. The average Bonchev–Trinajstić information content (AvgIpc) is 2.31. The molecular formula is C13H21NO3. The maximum absolute atomic E-state index is 11.3. The number of amides is 1. The van der Waals surface area contributed by atoms with Gasteiger partial charge in [-0.3, -0.25) is 9.59 Å². The number of carbonyl (C=O) groups is 2. The zero-order valence-corrected chi connectivity index (χ0v) is 10.4. The molecule has 0 bridgehead atoms. The monoisotopic (exact) mass is 239 g/mol. The summed E-state index contributed by atoms with van der Waals surface area (Å²) in [5.41, 5.74) is 0. The molecule has 0 aromatic carbocycles. The van der Waals surface area contributed by atoms with Gasteiger partial charge in [0.2, 0.25) is 5.91 Å². The van der Waals surface area contributed by atoms with Gasteiger partial charge in [-0.2, -0.15) is 0 Å². The zero-order valence-electron chi connectivity index (χ0n) is 10.4. The van der Waals surface area contributed by atoms with Gasteiger partial charge in [0.05, 0.1) is 6.04 Å². The number of rotatable bonds is 9. The molecular weight excluding hydrogens is 218 g/mol. The summed E-state index contributed by atoms with van der Waals surface area (Å²) in [4.78, 5) is 22.5. The Hall–Kier alpha value is -1.58. The fourth-order valence-corrected chi connectivity index (χ4v) is 1.13. The van der Waals surface area contributed by atoms with E-state index in [1.165, 1.54) is 0 Å². The molecule has 0 fully saturated rings. The van der Waals surface area contributed by atoms with E-state index in [9.17, 15) is 9.59 Å². The molecule has 0 saturated carbocycles. The lowest BCUT2D eigenvalue weighted by molar-refractivity contribution is -0.144. The number of esters is 1. The standard InChI is InChI=1S/C13H21NO3/c1-4-6-8-12(15)14-11(3)10-17-13(16)9-7-5-2/h4-5,11H,1-2,6-10H2,3H3,(H,14,15). The van der Waals surface area contributed by atoms with Crippen LogP contribution in [0, 0.1) is 0 Å². The smallest absolute Gasteiger partial charge is 0.306 e. The highest BCUT2D eigenvalue weighted by molar-refractivity contribution is 5.76. The molecule has 0 radical (unpaired) electrons. The topological polar surface area (TPSA) is 55.4 Å². The molecule has 1 unspecified atom stereocenters. The summed E-state index contributed by atoms with van der Waals surface area (Å²) in [6.07, 6.45) is 5.37. The number of allylic oxidation sites excluding steroid dienone is 2. The predicted octanol–water partition coefficient (Wildman–Crippen LogP) is 1.97. The van der Waals surface area contributed by atoms with Crippen molar-refractivity contribution in [1.29, 1.82) is 0 Å². The van der Waals surface area contributed by atoms with Crippen LogP contribution in [-0.2, 0) is 14.3 Å². The van der Waals surface area contributed by atoms with E-state index in [1.807, 2.05) is 0 Å². The minimum atomic E-state index is -0.267. The van der Waals surface area contributed by atoms with Gasteiger partial charge in [0.25, 0.3) is 0 Å². The molecule has 1 N–H and O–H groups in total. The first-order valence-electron chi connectivity index (χ1n) is 5.77. The molecule has 0 rings (SSSR count). The van der Waals surface area contributed by atoms with Gasteiger partial charge in [-0.15, -0.1) is 13.2 Å². The molecule has 0 heterocycles. The molecule has 0 saturated heterocycles. The lowest BCUT2D eigenvalue weighted by atomic mass is 10.2. The van der Waals surface area contributed by atoms with Crippen molar-refractivity contribution >= 4 is 11.9 Å². The number of carbonyl (C=O) groups excluding carboxylic acids is 2. The van der Waals surface area contributed by atoms with Gasteiger partial charge in [0.15, 0.2) is 0 Å². The zero-order chi connectivity index (χ0) is 13.1. The summed E-state index contributed by atoms with van der Waals surface area (Å²) in [5.74, 6) is -0.323. The maximum Gasteiger partial charge on any atom is 0.306 e. The van der Waals surface area contributed by atoms with E-state index >= 15 is 0 Å². The Labute approximate surface area is 103 Å². The molecule has 0 aromatic rings. The van der Waals surface area contributed by atoms with E-state index in [1.54, 1.807) is 19.1 Å². The van der Waals surface area contributed by atoms with Gasteiger partial charge < -0.3 is 10.1 Å². The minimum absolute atomic E-state index is 0.0560. The summed E-state index contributed by atoms with van der Waals surface area (Å²) < 4.78 is 4.99. The molecule has 1 atom stereocenters. The van der Waals surface area contributed by atoms with Gasteiger partial charge in [-0.1, -0.05) is 12.2 Å². The van der Waals surface area contributed by atoms with E-state index in [-0.39, 0.29) is 24.5 Å². The van der Waals surface area contributed by atoms with Crippen molar-refractivity contribution in [2.24, 2.45) is 0 Å². The van der Waals surface area contributed by atoms with E-state index in [2.05, 4.69) is 18.5 Å². The highest BCUT2D eigenvalue weighted by Crippen LogP contribution is 1.96. The summed E-state index contributed by atoms with van der Waals surface area (Å²) in [7, 11) is 0. The molecule has 17 heavy (non-hydrogen) atoms. The fourth-order valence-electron chi connectivity index (χ4n) is 1.13. The largest absolute Gasteiger partial charge is 0.463 e. The lowest BCUT2D eigenvalue weighted by Gasteiger charge is -2.13. The number of ether oxygens (including phenoxy) is 1. The third-order valence-electron chi connectivity index (χ3n) is 2.03. The first-order chi connectivity index (χ1) is 8.10. The van der Waals surface area contributed by atoms with Crippen molar-refractivity contribution < 1.29 is 14.3 Å². The Bertz CT molecular complexity index is 274. The maximum atomic E-state index is 11.3. The van der Waals surface area contributed by atoms with Gasteiger partial charge in [0, 0.05) is 12.8 Å². The molecule has 0 spiro atoms. The van der Waals surface area contributed by atoms with Crippen LogP contribution in [0.15, 0.2) is 25.3 Å². The number of hydrogen-bond donors (Lipinski definition) is 1. The normalized spacial score (nSPS) is 11.4. The van der Waals surface area contributed by atoms with Crippen LogP contribution in [0.1, 0.15) is 32.6 Å². The third kappa shape index (κ3) is 9.35. The molecule has 0 aliphatic rings. The van der Waals surface area contributed by atoms with Gasteiger partial charge in [-0.05, 0) is 19.8 Å². The van der Waals surface area contributed by atoms with Crippen molar-refractivity contribution in [1.82, 2.24) is 5.32 Å². The molecule has 1 amide bonds. The van der Waals surface area contributed by atoms with E-state index in [4.69, 9.17) is 4.74 Å². The second-order valence-electron chi connectivity index (χ2n) is 3.81. The van der Waals surface area contributed by atoms with Crippen LogP contribution in [0.3, 0.4) is 0 Å². The molecule has 96 valence electrons. The van der Waals surface area contributed by atoms with Crippen LogP contribution in [0.2, 0.25) is 0 Å². The van der Waals surface area contributed by atoms with E-state index < -0.39 is 0 Å². The number of hydrogen-bond acceptors (Lipinski definition) is 3. The van der Waals surface area contributed by atoms with Crippen LogP contribution >= 0.6 is 0 Å². The Kier molecular flexibility index (Phi) is 8.74. The van der Waals surface area contributed by atoms with Crippen LogP contribution in [0.4, 0.5) is 0 Å². The molecule has 4 nitrogen and oxygen atoms in total. The summed E-state index contributed by atoms with van der Waals surface area (Å²) >= 11 is 0. The average molecular weight is 239 g/mol. The van der Waals surface area contributed by atoms with Crippen molar-refractivity contribution in [3.8, 4) is 0 Å². The van der Waals surface area contributed by atoms with Gasteiger partial charge in [-0.25, -0.2) is 0 Å². The second kappa shape index (κ2) is 9.63. The highest BCUT2D eigenvalue weighted by atomic mass is 16.5. The minimum Gasteiger partial charge on any atom is -0.463 e. The molecule has 0 aliphatic carbocycles. The first kappa shape index (κ1) is 15.4. The lowest BCUT2D eigenvalue weighted by Crippen LogP contribution is -2.36. The Morgan fingerprint density at radius 2 is 1.82 bits per heavy atom. The fraction of sp³-hybridized carbons (Fsp3) is 0.538. The van der Waals surface area contributed by atoms with E-state index in [0.29, 0.717) is 25.7 Å². The molecule has 0 aromatic heterocycles. The second-order valence-corrected chi connectivity index (χ2v) is 3.81. The Morgan fingerprint density at radius 1 is 1.24 bits per heavy atom. The SMILES string of the molecule is C=CCCC(=O)NC(C)COC(=O)CCC=C. The quantitative estimate of drug-likeness (QED) is 0.494.